The first-order valence-corrected chi connectivity index (χ1v) is 7.12. The summed E-state index contributed by atoms with van der Waals surface area (Å²) in [5.74, 6) is 0. The minimum atomic E-state index is -0.0907. The summed E-state index contributed by atoms with van der Waals surface area (Å²) < 4.78 is 10.7. The zero-order chi connectivity index (χ0) is 15.1. The summed E-state index contributed by atoms with van der Waals surface area (Å²) in [5.41, 5.74) is 1.81. The Bertz CT molecular complexity index is 473. The molecule has 0 unspecified atom stereocenters. The molecule has 1 aliphatic rings. The molecule has 1 heterocycles. The van der Waals surface area contributed by atoms with Crippen molar-refractivity contribution in [1.29, 1.82) is 0 Å². The molecule has 1 aromatic carbocycles. The van der Waals surface area contributed by atoms with Crippen molar-refractivity contribution < 1.29 is 14.3 Å². The van der Waals surface area contributed by atoms with Gasteiger partial charge in [-0.05, 0) is 24.1 Å². The minimum Gasteiger partial charge on any atom is -0.385 e. The molecular weight excluding hydrogens is 268 g/mol. The Morgan fingerprint density at radius 1 is 1.52 bits per heavy atom. The van der Waals surface area contributed by atoms with Gasteiger partial charge in [-0.15, -0.1) is 0 Å². The largest absolute Gasteiger partial charge is 0.385 e. The number of anilines is 1. The molecule has 1 fully saturated rings. The molecule has 0 aromatic heterocycles. The first-order chi connectivity index (χ1) is 10.2. The van der Waals surface area contributed by atoms with Gasteiger partial charge in [-0.1, -0.05) is 24.8 Å². The smallest absolute Gasteiger partial charge is 0.322 e. The van der Waals surface area contributed by atoms with Crippen LogP contribution in [0, 0.1) is 0 Å². The molecule has 5 nitrogen and oxygen atoms in total. The maximum absolute atomic E-state index is 12.2. The number of carbonyl (C=O) groups is 1. The Balaban J connectivity index is 1.88. The molecule has 0 saturated carbocycles. The number of urea groups is 1. The van der Waals surface area contributed by atoms with Crippen LogP contribution in [0.1, 0.15) is 12.0 Å². The Hall–Kier alpha value is -1.85. The molecule has 5 heteroatoms. The van der Waals surface area contributed by atoms with Crippen LogP contribution < -0.4 is 5.32 Å². The van der Waals surface area contributed by atoms with Crippen LogP contribution in [0.2, 0.25) is 0 Å². The Kier molecular flexibility index (Phi) is 5.78. The highest BCUT2D eigenvalue weighted by Crippen LogP contribution is 2.13. The second kappa shape index (κ2) is 7.81. The van der Waals surface area contributed by atoms with Crippen LogP contribution in [0.4, 0.5) is 10.5 Å². The fourth-order valence-electron chi connectivity index (χ4n) is 2.23. The maximum atomic E-state index is 12.2. The number of rotatable bonds is 5. The van der Waals surface area contributed by atoms with Gasteiger partial charge >= 0.3 is 6.03 Å². The van der Waals surface area contributed by atoms with E-state index in [4.69, 9.17) is 9.47 Å². The van der Waals surface area contributed by atoms with E-state index in [9.17, 15) is 4.79 Å². The van der Waals surface area contributed by atoms with Gasteiger partial charge in [0.15, 0.2) is 0 Å². The summed E-state index contributed by atoms with van der Waals surface area (Å²) in [5, 5.41) is 2.91. The van der Waals surface area contributed by atoms with Crippen LogP contribution >= 0.6 is 0 Å². The third-order valence-electron chi connectivity index (χ3n) is 3.47. The summed E-state index contributed by atoms with van der Waals surface area (Å²) in [7, 11) is 1.67. The van der Waals surface area contributed by atoms with E-state index in [1.165, 1.54) is 0 Å². The van der Waals surface area contributed by atoms with Crippen LogP contribution in [0.25, 0.3) is 6.08 Å². The van der Waals surface area contributed by atoms with Gasteiger partial charge in [-0.3, -0.25) is 0 Å². The molecule has 0 radical (unpaired) electrons. The van der Waals surface area contributed by atoms with E-state index in [1.54, 1.807) is 18.1 Å². The molecule has 1 aromatic rings. The van der Waals surface area contributed by atoms with Gasteiger partial charge < -0.3 is 19.7 Å². The third-order valence-corrected chi connectivity index (χ3v) is 3.47. The van der Waals surface area contributed by atoms with E-state index in [0.29, 0.717) is 26.3 Å². The van der Waals surface area contributed by atoms with Gasteiger partial charge in [0.25, 0.3) is 0 Å². The van der Waals surface area contributed by atoms with Crippen molar-refractivity contribution >= 4 is 17.8 Å². The van der Waals surface area contributed by atoms with Crippen LogP contribution in [0.3, 0.4) is 0 Å². The van der Waals surface area contributed by atoms with E-state index in [1.807, 2.05) is 24.3 Å². The molecule has 1 atom stereocenters. The van der Waals surface area contributed by atoms with Gasteiger partial charge in [0.05, 0.1) is 12.7 Å². The number of nitrogens with one attached hydrogen (secondary N) is 1. The summed E-state index contributed by atoms with van der Waals surface area (Å²) in [6.45, 7) is 6.13. The molecule has 1 N–H and O–H groups in total. The van der Waals surface area contributed by atoms with Gasteiger partial charge in [0.2, 0.25) is 0 Å². The number of amides is 2. The lowest BCUT2D eigenvalue weighted by Gasteiger charge is -2.32. The lowest BCUT2D eigenvalue weighted by Crippen LogP contribution is -2.47. The number of nitrogens with zero attached hydrogens (tertiary/aromatic N) is 1. The van der Waals surface area contributed by atoms with Gasteiger partial charge in [-0.25, -0.2) is 4.79 Å². The number of hydrogen-bond acceptors (Lipinski definition) is 3. The monoisotopic (exact) mass is 290 g/mol. The van der Waals surface area contributed by atoms with Crippen molar-refractivity contribution in [2.75, 3.05) is 38.7 Å². The average molecular weight is 290 g/mol. The number of hydrogen-bond donors (Lipinski definition) is 1. The molecular formula is C16H22N2O3. The molecule has 1 saturated heterocycles. The first-order valence-electron chi connectivity index (χ1n) is 7.12. The van der Waals surface area contributed by atoms with Crippen molar-refractivity contribution in [3.63, 3.8) is 0 Å². The van der Waals surface area contributed by atoms with Crippen molar-refractivity contribution in [2.45, 2.75) is 12.5 Å². The predicted molar refractivity (Wildman–Crippen MR) is 83.4 cm³/mol. The van der Waals surface area contributed by atoms with E-state index in [0.717, 1.165) is 17.7 Å². The number of ether oxygens (including phenoxy) is 2. The van der Waals surface area contributed by atoms with Crippen LogP contribution in [0.5, 0.6) is 0 Å². The van der Waals surface area contributed by atoms with Gasteiger partial charge in [-0.2, -0.15) is 0 Å². The summed E-state index contributed by atoms with van der Waals surface area (Å²) in [4.78, 5) is 14.0. The second-order valence-corrected chi connectivity index (χ2v) is 4.98. The van der Waals surface area contributed by atoms with E-state index in [-0.39, 0.29) is 12.1 Å². The third kappa shape index (κ3) is 4.58. The molecule has 1 aliphatic heterocycles. The lowest BCUT2D eigenvalue weighted by atomic mass is 10.2. The zero-order valence-corrected chi connectivity index (χ0v) is 12.4. The minimum absolute atomic E-state index is 0.0487. The first kappa shape index (κ1) is 15.5. The lowest BCUT2D eigenvalue weighted by molar-refractivity contribution is -0.0260. The van der Waals surface area contributed by atoms with Crippen molar-refractivity contribution in [3.05, 3.63) is 36.4 Å². The molecule has 2 rings (SSSR count). The quantitative estimate of drug-likeness (QED) is 0.907. The maximum Gasteiger partial charge on any atom is 0.322 e. The highest BCUT2D eigenvalue weighted by Gasteiger charge is 2.23. The summed E-state index contributed by atoms with van der Waals surface area (Å²) in [6, 6.07) is 7.49. The van der Waals surface area contributed by atoms with E-state index >= 15 is 0 Å². The molecule has 0 bridgehead atoms. The highest BCUT2D eigenvalue weighted by molar-refractivity contribution is 5.89. The number of methoxy groups -OCH3 is 1. The van der Waals surface area contributed by atoms with Crippen LogP contribution in [-0.2, 0) is 9.47 Å². The van der Waals surface area contributed by atoms with Gasteiger partial charge in [0.1, 0.15) is 0 Å². The number of morpholine rings is 1. The highest BCUT2D eigenvalue weighted by atomic mass is 16.5. The molecule has 0 aliphatic carbocycles. The fourth-order valence-corrected chi connectivity index (χ4v) is 2.23. The Morgan fingerprint density at radius 2 is 2.29 bits per heavy atom. The summed E-state index contributed by atoms with van der Waals surface area (Å²) in [6.07, 6.45) is 2.62. The average Bonchev–Trinajstić information content (AvgIpc) is 2.54. The molecule has 21 heavy (non-hydrogen) atoms. The number of carbonyl (C=O) groups excluding carboxylic acids is 1. The van der Waals surface area contributed by atoms with Crippen molar-refractivity contribution in [2.24, 2.45) is 0 Å². The molecule has 0 spiro atoms. The fraction of sp³-hybridized carbons (Fsp3) is 0.438. The normalized spacial score (nSPS) is 18.3. The van der Waals surface area contributed by atoms with Crippen LogP contribution in [-0.4, -0.2) is 50.4 Å². The Morgan fingerprint density at radius 3 is 2.95 bits per heavy atom. The van der Waals surface area contributed by atoms with Crippen LogP contribution in [0.15, 0.2) is 30.8 Å². The zero-order valence-electron chi connectivity index (χ0n) is 12.4. The van der Waals surface area contributed by atoms with Gasteiger partial charge in [0, 0.05) is 32.5 Å². The van der Waals surface area contributed by atoms with Crippen molar-refractivity contribution in [1.82, 2.24) is 4.90 Å². The van der Waals surface area contributed by atoms with Crippen molar-refractivity contribution in [3.8, 4) is 0 Å². The molecule has 2 amide bonds. The summed E-state index contributed by atoms with van der Waals surface area (Å²) >= 11 is 0. The number of benzene rings is 1. The van der Waals surface area contributed by atoms with E-state index in [2.05, 4.69) is 11.9 Å². The predicted octanol–water partition coefficient (Wildman–Crippen LogP) is 2.60. The Labute approximate surface area is 125 Å². The molecule has 114 valence electrons. The SMILES string of the molecule is C=Cc1ccc(NC(=O)N2CCO[C@@H](CCOC)C2)cc1. The van der Waals surface area contributed by atoms with E-state index < -0.39 is 0 Å². The standard InChI is InChI=1S/C16H22N2O3/c1-3-13-4-6-14(7-5-13)17-16(19)18-9-11-21-15(12-18)8-10-20-2/h3-7,15H,1,8-12H2,2H3,(H,17,19)/t15-/m0/s1. The second-order valence-electron chi connectivity index (χ2n) is 4.98. The topological polar surface area (TPSA) is 50.8 Å².